The molecule has 4 aromatic rings. The number of rotatable bonds is 14. The molecule has 252 valence electrons. The highest BCUT2D eigenvalue weighted by Crippen LogP contribution is 2.41. The molecular formula is C38H41FN2O7. The molecule has 1 unspecified atom stereocenters. The largest absolute Gasteiger partial charge is 0.494 e. The summed E-state index contributed by atoms with van der Waals surface area (Å²) in [6.07, 6.45) is 1.54. The summed E-state index contributed by atoms with van der Waals surface area (Å²) in [6, 6.07) is 21.8. The average molecular weight is 657 g/mol. The molecule has 0 radical (unpaired) electrons. The zero-order chi connectivity index (χ0) is 34.5. The van der Waals surface area contributed by atoms with Gasteiger partial charge in [-0.05, 0) is 94.1 Å². The Balaban J connectivity index is 1.42. The van der Waals surface area contributed by atoms with Crippen molar-refractivity contribution in [3.05, 3.63) is 107 Å². The second-order valence-electron chi connectivity index (χ2n) is 12.6. The van der Waals surface area contributed by atoms with E-state index in [1.807, 2.05) is 30.3 Å². The van der Waals surface area contributed by atoms with Gasteiger partial charge in [0.05, 0.1) is 31.6 Å². The molecule has 0 spiro atoms. The van der Waals surface area contributed by atoms with Crippen LogP contribution in [-0.2, 0) is 22.5 Å². The van der Waals surface area contributed by atoms with Crippen molar-refractivity contribution in [3.63, 3.8) is 0 Å². The van der Waals surface area contributed by atoms with E-state index < -0.39 is 23.1 Å². The van der Waals surface area contributed by atoms with Crippen LogP contribution in [0.25, 0.3) is 11.3 Å². The maximum Gasteiger partial charge on any atom is 0.408 e. The molecule has 1 atom stereocenters. The van der Waals surface area contributed by atoms with Gasteiger partial charge in [-0.2, -0.15) is 0 Å². The molecular weight excluding hydrogens is 615 g/mol. The molecule has 1 aliphatic carbocycles. The van der Waals surface area contributed by atoms with Crippen molar-refractivity contribution in [2.45, 2.75) is 70.3 Å². The average Bonchev–Trinajstić information content (AvgIpc) is 3.90. The Kier molecular flexibility index (Phi) is 10.3. The molecule has 10 heteroatoms. The van der Waals surface area contributed by atoms with Gasteiger partial charge in [-0.15, -0.1) is 0 Å². The fraction of sp³-hybridized carbons (Fsp3) is 0.342. The second kappa shape index (κ2) is 14.4. The number of amides is 1. The summed E-state index contributed by atoms with van der Waals surface area (Å²) in [4.78, 5) is 31.1. The zero-order valence-corrected chi connectivity index (χ0v) is 27.8. The number of ketones is 1. The first kappa shape index (κ1) is 34.4. The number of nitrogens with one attached hydrogen (secondary N) is 1. The van der Waals surface area contributed by atoms with E-state index in [0.717, 1.165) is 18.4 Å². The van der Waals surface area contributed by atoms with Crippen LogP contribution in [0.1, 0.15) is 73.6 Å². The number of nitrogens with zero attached hydrogens (tertiary/aromatic N) is 1. The molecule has 0 bridgehead atoms. The van der Waals surface area contributed by atoms with Crippen LogP contribution in [0.2, 0.25) is 0 Å². The Morgan fingerprint density at radius 2 is 1.65 bits per heavy atom. The monoisotopic (exact) mass is 656 g/mol. The number of methoxy groups -OCH3 is 2. The van der Waals surface area contributed by atoms with Crippen LogP contribution >= 0.6 is 0 Å². The van der Waals surface area contributed by atoms with Crippen LogP contribution in [0.5, 0.6) is 17.2 Å². The molecule has 1 aliphatic rings. The third kappa shape index (κ3) is 8.30. The van der Waals surface area contributed by atoms with Gasteiger partial charge in [0.15, 0.2) is 23.0 Å². The highest BCUT2D eigenvalue weighted by molar-refractivity contribution is 5.96. The molecule has 1 heterocycles. The lowest BCUT2D eigenvalue weighted by Gasteiger charge is -2.31. The van der Waals surface area contributed by atoms with Crippen LogP contribution in [0.15, 0.2) is 78.9 Å². The van der Waals surface area contributed by atoms with E-state index in [0.29, 0.717) is 39.6 Å². The first-order chi connectivity index (χ1) is 22.9. The minimum Gasteiger partial charge on any atom is -0.494 e. The SMILES string of the molecule is COc1cc(C(=O)CCC(C)(O)c2cc(C(C)(C)NC(=O)OCc3ccccc3)c(OC)c(-c3ccc(F)cc3)n2)ccc1OC1CC1. The van der Waals surface area contributed by atoms with Gasteiger partial charge in [-0.1, -0.05) is 30.3 Å². The first-order valence-corrected chi connectivity index (χ1v) is 15.9. The normalized spacial score (nSPS) is 14.1. The minimum atomic E-state index is -1.59. The molecule has 9 nitrogen and oxygen atoms in total. The number of alkyl carbamates (subject to hydrolysis) is 1. The molecule has 3 aromatic carbocycles. The van der Waals surface area contributed by atoms with Crippen molar-refractivity contribution >= 4 is 11.9 Å². The topological polar surface area (TPSA) is 116 Å². The van der Waals surface area contributed by atoms with Crippen molar-refractivity contribution in [2.24, 2.45) is 0 Å². The van der Waals surface area contributed by atoms with Gasteiger partial charge < -0.3 is 29.4 Å². The van der Waals surface area contributed by atoms with Gasteiger partial charge in [0, 0.05) is 23.1 Å². The van der Waals surface area contributed by atoms with E-state index in [9.17, 15) is 19.1 Å². The van der Waals surface area contributed by atoms with E-state index >= 15 is 0 Å². The highest BCUT2D eigenvalue weighted by atomic mass is 19.1. The summed E-state index contributed by atoms with van der Waals surface area (Å²) >= 11 is 0. The summed E-state index contributed by atoms with van der Waals surface area (Å²) in [7, 11) is 3.00. The molecule has 5 rings (SSSR count). The number of carbonyl (C=O) groups is 2. The van der Waals surface area contributed by atoms with Gasteiger partial charge in [-0.25, -0.2) is 14.2 Å². The highest BCUT2D eigenvalue weighted by Gasteiger charge is 2.35. The number of benzene rings is 3. The number of carbonyl (C=O) groups excluding carboxylic acids is 2. The number of hydrogen-bond acceptors (Lipinski definition) is 8. The predicted molar refractivity (Wildman–Crippen MR) is 179 cm³/mol. The Bertz CT molecular complexity index is 1750. The Labute approximate surface area is 280 Å². The lowest BCUT2D eigenvalue weighted by Crippen LogP contribution is -2.42. The van der Waals surface area contributed by atoms with Crippen molar-refractivity contribution in [2.75, 3.05) is 14.2 Å². The third-order valence-corrected chi connectivity index (χ3v) is 8.29. The zero-order valence-electron chi connectivity index (χ0n) is 27.8. The minimum absolute atomic E-state index is 0.00135. The first-order valence-electron chi connectivity index (χ1n) is 15.9. The quantitative estimate of drug-likeness (QED) is 0.134. The van der Waals surface area contributed by atoms with Gasteiger partial charge in [0.25, 0.3) is 0 Å². The van der Waals surface area contributed by atoms with Crippen molar-refractivity contribution in [1.82, 2.24) is 10.3 Å². The summed E-state index contributed by atoms with van der Waals surface area (Å²) in [5, 5.41) is 14.7. The number of aromatic nitrogens is 1. The maximum atomic E-state index is 13.9. The van der Waals surface area contributed by atoms with Gasteiger partial charge in [0.1, 0.15) is 23.7 Å². The molecule has 1 saturated carbocycles. The summed E-state index contributed by atoms with van der Waals surface area (Å²) in [5.74, 6) is 0.772. The van der Waals surface area contributed by atoms with Crippen LogP contribution in [0.4, 0.5) is 9.18 Å². The number of pyridine rings is 1. The maximum absolute atomic E-state index is 13.9. The van der Waals surface area contributed by atoms with Crippen molar-refractivity contribution < 1.29 is 38.0 Å². The molecule has 1 aromatic heterocycles. The summed E-state index contributed by atoms with van der Waals surface area (Å²) in [5.41, 5.74) is 0.191. The molecule has 1 amide bonds. The lowest BCUT2D eigenvalue weighted by molar-refractivity contribution is 0.0395. The number of hydrogen-bond donors (Lipinski definition) is 2. The number of aliphatic hydroxyl groups is 1. The number of Topliss-reactive ketones (excluding diaryl/α,β-unsaturated/α-hetero) is 1. The predicted octanol–water partition coefficient (Wildman–Crippen LogP) is 7.48. The number of ether oxygens (including phenoxy) is 4. The van der Waals surface area contributed by atoms with Gasteiger partial charge in [0.2, 0.25) is 0 Å². The van der Waals surface area contributed by atoms with Gasteiger partial charge in [-0.3, -0.25) is 4.79 Å². The lowest BCUT2D eigenvalue weighted by atomic mass is 9.86. The smallest absolute Gasteiger partial charge is 0.408 e. The fourth-order valence-corrected chi connectivity index (χ4v) is 5.30. The molecule has 48 heavy (non-hydrogen) atoms. The molecule has 1 fully saturated rings. The van der Waals surface area contributed by atoms with Crippen LogP contribution in [-0.4, -0.2) is 42.3 Å². The van der Waals surface area contributed by atoms with E-state index in [-0.39, 0.29) is 37.0 Å². The van der Waals surface area contributed by atoms with E-state index in [1.165, 1.54) is 26.4 Å². The van der Waals surface area contributed by atoms with Crippen LogP contribution < -0.4 is 19.5 Å². The Morgan fingerprint density at radius 3 is 2.29 bits per heavy atom. The van der Waals surface area contributed by atoms with E-state index in [4.69, 9.17) is 23.9 Å². The van der Waals surface area contributed by atoms with Crippen LogP contribution in [0, 0.1) is 5.82 Å². The Hall–Kier alpha value is -4.96. The van der Waals surface area contributed by atoms with Crippen LogP contribution in [0.3, 0.4) is 0 Å². The van der Waals surface area contributed by atoms with E-state index in [1.54, 1.807) is 57.2 Å². The van der Waals surface area contributed by atoms with Crippen molar-refractivity contribution in [1.29, 1.82) is 0 Å². The third-order valence-electron chi connectivity index (χ3n) is 8.29. The standard InChI is InChI=1S/C38H41FN2O7/c1-37(2,41-36(43)47-23-24-9-7-6-8-10-24)29-22-33(40-34(35(29)46-5)25-11-14-27(39)15-12-25)38(3,44)20-19-30(42)26-13-18-31(32(21-26)45-4)48-28-16-17-28/h6-15,18,21-22,28,44H,16-17,19-20,23H2,1-5H3,(H,41,43). The molecule has 0 saturated heterocycles. The molecule has 2 N–H and O–H groups in total. The molecule has 0 aliphatic heterocycles. The second-order valence-corrected chi connectivity index (χ2v) is 12.6. The fourth-order valence-electron chi connectivity index (χ4n) is 5.30. The number of halogens is 1. The Morgan fingerprint density at radius 1 is 0.938 bits per heavy atom. The van der Waals surface area contributed by atoms with Crippen molar-refractivity contribution in [3.8, 4) is 28.5 Å². The summed E-state index contributed by atoms with van der Waals surface area (Å²) < 4.78 is 36.6. The van der Waals surface area contributed by atoms with Gasteiger partial charge >= 0.3 is 6.09 Å². The van der Waals surface area contributed by atoms with E-state index in [2.05, 4.69) is 5.32 Å². The summed E-state index contributed by atoms with van der Waals surface area (Å²) in [6.45, 7) is 5.20.